The van der Waals surface area contributed by atoms with Crippen molar-refractivity contribution >= 4 is 39.5 Å². The maximum Gasteiger partial charge on any atom is 0.472 e. The Morgan fingerprint density at radius 2 is 0.539 bits per heavy atom. The molecule has 0 aliphatic carbocycles. The van der Waals surface area contributed by atoms with Gasteiger partial charge in [-0.25, -0.2) is 9.13 Å². The lowest BCUT2D eigenvalue weighted by Crippen LogP contribution is -2.30. The fourth-order valence-corrected chi connectivity index (χ4v) is 11.7. The first kappa shape index (κ1) is 97.2. The van der Waals surface area contributed by atoms with Gasteiger partial charge in [0.05, 0.1) is 26.4 Å². The number of rotatable bonds is 73. The van der Waals surface area contributed by atoms with Crippen LogP contribution in [0.3, 0.4) is 0 Å². The zero-order valence-electron chi connectivity index (χ0n) is 63.7. The summed E-state index contributed by atoms with van der Waals surface area (Å²) in [6.07, 6.45) is 83.1. The lowest BCUT2D eigenvalue weighted by molar-refractivity contribution is -0.161. The number of hydrogen-bond acceptors (Lipinski definition) is 15. The number of unbranched alkanes of at least 4 members (excludes halogenated alkanes) is 25. The van der Waals surface area contributed by atoms with Crippen molar-refractivity contribution in [1.29, 1.82) is 0 Å². The van der Waals surface area contributed by atoms with Crippen molar-refractivity contribution < 1.29 is 80.2 Å². The fourth-order valence-electron chi connectivity index (χ4n) is 10.2. The molecule has 0 saturated heterocycles. The van der Waals surface area contributed by atoms with Crippen molar-refractivity contribution in [2.24, 2.45) is 0 Å². The molecule has 0 aliphatic heterocycles. The molecule has 102 heavy (non-hydrogen) atoms. The molecular formula is C83H140O17P2. The lowest BCUT2D eigenvalue weighted by atomic mass is 10.0. The van der Waals surface area contributed by atoms with Gasteiger partial charge in [-0.1, -0.05) is 296 Å². The van der Waals surface area contributed by atoms with Crippen LogP contribution in [0.4, 0.5) is 0 Å². The Kier molecular flexibility index (Phi) is 71.0. The molecule has 0 spiro atoms. The SMILES string of the molecule is CC/C=C\C/C=C\C/C=C\C/C=C\C/C=C\C/C=C\CCC(=O)OCC(COP(=O)(O)OCC(O)COP(=O)(O)OCC(COC(=O)CCCCCCCC/C=C\C/C=C\C/C=C\C/C=C\CC)OC(=O)CCCCCCC/C=C\CCCC)OC(=O)CCCCCCCCCCCCCCC. The molecule has 0 rings (SSSR count). The minimum absolute atomic E-state index is 0.0355. The molecule has 5 unspecified atom stereocenters. The van der Waals surface area contributed by atoms with Crippen LogP contribution in [0.15, 0.2) is 134 Å². The summed E-state index contributed by atoms with van der Waals surface area (Å²) < 4.78 is 68.4. The number of phosphoric ester groups is 2. The summed E-state index contributed by atoms with van der Waals surface area (Å²) in [5.74, 6) is -2.29. The van der Waals surface area contributed by atoms with Gasteiger partial charge >= 0.3 is 39.5 Å². The second-order valence-corrected chi connectivity index (χ2v) is 28.8. The highest BCUT2D eigenvalue weighted by atomic mass is 31.2. The van der Waals surface area contributed by atoms with E-state index in [2.05, 4.69) is 143 Å². The summed E-state index contributed by atoms with van der Waals surface area (Å²) in [6, 6.07) is 0. The average molecular weight is 1470 g/mol. The Morgan fingerprint density at radius 1 is 0.284 bits per heavy atom. The number of hydrogen-bond donors (Lipinski definition) is 3. The fraction of sp³-hybridized carbons (Fsp3) is 0.687. The molecule has 0 aromatic carbocycles. The molecule has 0 bridgehead atoms. The smallest absolute Gasteiger partial charge is 0.462 e. The molecule has 0 heterocycles. The molecule has 0 aliphatic rings. The second-order valence-electron chi connectivity index (χ2n) is 25.9. The minimum atomic E-state index is -4.99. The standard InChI is InChI=1S/C83H140O17P2/c1-5-9-13-17-21-25-29-32-34-36-38-40-42-45-48-51-55-59-63-67-80(85)93-73-78(99-82(87)69-65-61-57-53-47-28-24-20-16-12-8-4)75-97-101(89,90)95-71-77(84)72-96-102(91,92)98-76-79(100-83(88)70-66-62-58-54-50-44-31-27-23-19-15-11-7-3)74-94-81(86)68-64-60-56-52-49-46-43-41-39-37-35-33-30-26-22-18-14-10-6-2/h9-10,13-14,20-22,24-26,32-35,38-41,46,49,56,60,77-79,84H,5-8,11-12,15-19,23,27-31,36-37,42-45,47-48,50-55,57-59,61-76H2,1-4H3,(H,89,90)(H,91,92)/b13-9-,14-10-,24-20-,25-21-,26-22-,34-32-,35-33-,40-38-,41-39-,49-46-,60-56-. The van der Waals surface area contributed by atoms with E-state index in [-0.39, 0.29) is 25.7 Å². The number of ether oxygens (including phenoxy) is 4. The van der Waals surface area contributed by atoms with E-state index in [1.807, 2.05) is 18.2 Å². The summed E-state index contributed by atoms with van der Waals surface area (Å²) >= 11 is 0. The highest BCUT2D eigenvalue weighted by Gasteiger charge is 2.30. The van der Waals surface area contributed by atoms with Gasteiger partial charge in [-0.2, -0.15) is 0 Å². The van der Waals surface area contributed by atoms with Gasteiger partial charge in [-0.05, 0) is 122 Å². The number of allylic oxidation sites excluding steroid dienone is 22. The quantitative estimate of drug-likeness (QED) is 0.0169. The second kappa shape index (κ2) is 74.5. The normalized spacial score (nSPS) is 14.6. The summed E-state index contributed by atoms with van der Waals surface area (Å²) in [4.78, 5) is 72.9. The van der Waals surface area contributed by atoms with Gasteiger partial charge in [-0.3, -0.25) is 37.3 Å². The maximum absolute atomic E-state index is 13.1. The Bertz CT molecular complexity index is 2460. The van der Waals surface area contributed by atoms with E-state index in [1.165, 1.54) is 64.2 Å². The lowest BCUT2D eigenvalue weighted by Gasteiger charge is -2.21. The molecule has 0 radical (unpaired) electrons. The topological polar surface area (TPSA) is 237 Å². The summed E-state index contributed by atoms with van der Waals surface area (Å²) in [6.45, 7) is 4.51. The van der Waals surface area contributed by atoms with E-state index in [4.69, 9.17) is 37.0 Å². The highest BCUT2D eigenvalue weighted by Crippen LogP contribution is 2.45. The number of esters is 4. The minimum Gasteiger partial charge on any atom is -0.462 e. The van der Waals surface area contributed by atoms with Gasteiger partial charge in [0.15, 0.2) is 12.2 Å². The van der Waals surface area contributed by atoms with Crippen LogP contribution in [-0.4, -0.2) is 96.7 Å². The monoisotopic (exact) mass is 1470 g/mol. The van der Waals surface area contributed by atoms with Gasteiger partial charge in [0, 0.05) is 25.7 Å². The summed E-state index contributed by atoms with van der Waals surface area (Å²) in [5.41, 5.74) is 0. The third-order valence-electron chi connectivity index (χ3n) is 16.1. The van der Waals surface area contributed by atoms with Gasteiger partial charge in [0.25, 0.3) is 0 Å². The number of phosphoric acid groups is 2. The third kappa shape index (κ3) is 73.5. The largest absolute Gasteiger partial charge is 0.472 e. The first-order valence-electron chi connectivity index (χ1n) is 39.4. The van der Waals surface area contributed by atoms with Crippen LogP contribution in [0.1, 0.15) is 310 Å². The van der Waals surface area contributed by atoms with E-state index in [0.717, 1.165) is 161 Å². The third-order valence-corrected chi connectivity index (χ3v) is 18.0. The Labute approximate surface area is 618 Å². The van der Waals surface area contributed by atoms with Gasteiger partial charge in [0.2, 0.25) is 0 Å². The molecule has 0 aromatic rings. The zero-order valence-corrected chi connectivity index (χ0v) is 65.5. The molecule has 17 nitrogen and oxygen atoms in total. The first-order valence-corrected chi connectivity index (χ1v) is 42.4. The van der Waals surface area contributed by atoms with Gasteiger partial charge in [-0.15, -0.1) is 0 Å². The van der Waals surface area contributed by atoms with Crippen LogP contribution in [-0.2, 0) is 65.4 Å². The Hall–Kier alpha value is -4.80. The molecule has 19 heteroatoms. The van der Waals surface area contributed by atoms with Crippen LogP contribution >= 0.6 is 15.6 Å². The van der Waals surface area contributed by atoms with Crippen molar-refractivity contribution in [3.05, 3.63) is 134 Å². The van der Waals surface area contributed by atoms with Crippen LogP contribution in [0.2, 0.25) is 0 Å². The summed E-state index contributed by atoms with van der Waals surface area (Å²) in [7, 11) is -9.98. The average Bonchev–Trinajstić information content (AvgIpc) is 0.907. The Balaban J connectivity index is 5.37. The molecule has 3 N–H and O–H groups in total. The predicted molar refractivity (Wildman–Crippen MR) is 418 cm³/mol. The molecule has 584 valence electrons. The predicted octanol–water partition coefficient (Wildman–Crippen LogP) is 22.9. The first-order chi connectivity index (χ1) is 49.7. The van der Waals surface area contributed by atoms with Crippen LogP contribution < -0.4 is 0 Å². The molecule has 0 fully saturated rings. The van der Waals surface area contributed by atoms with Crippen LogP contribution in [0, 0.1) is 0 Å². The van der Waals surface area contributed by atoms with Crippen LogP contribution in [0.5, 0.6) is 0 Å². The maximum atomic E-state index is 13.1. The van der Waals surface area contributed by atoms with E-state index in [9.17, 15) is 43.2 Å². The number of carbonyl (C=O) groups is 4. The molecule has 5 atom stereocenters. The highest BCUT2D eigenvalue weighted by molar-refractivity contribution is 7.47. The molecule has 0 aromatic heterocycles. The number of aliphatic hydroxyl groups is 1. The zero-order chi connectivity index (χ0) is 74.6. The van der Waals surface area contributed by atoms with Crippen LogP contribution in [0.25, 0.3) is 0 Å². The summed E-state index contributed by atoms with van der Waals surface area (Å²) in [5, 5.41) is 10.6. The van der Waals surface area contributed by atoms with Crippen molar-refractivity contribution in [1.82, 2.24) is 0 Å². The van der Waals surface area contributed by atoms with Crippen molar-refractivity contribution in [3.8, 4) is 0 Å². The van der Waals surface area contributed by atoms with Crippen molar-refractivity contribution in [2.75, 3.05) is 39.6 Å². The van der Waals surface area contributed by atoms with Gasteiger partial charge in [0.1, 0.15) is 19.3 Å². The molecule has 0 saturated carbocycles. The molecular weight excluding hydrogens is 1330 g/mol. The van der Waals surface area contributed by atoms with Crippen molar-refractivity contribution in [3.63, 3.8) is 0 Å². The number of aliphatic hydroxyl groups excluding tert-OH is 1. The van der Waals surface area contributed by atoms with Crippen molar-refractivity contribution in [2.45, 2.75) is 329 Å². The van der Waals surface area contributed by atoms with E-state index in [0.29, 0.717) is 32.1 Å². The van der Waals surface area contributed by atoms with Gasteiger partial charge < -0.3 is 33.8 Å². The number of carbonyl (C=O) groups excluding carboxylic acids is 4. The van der Waals surface area contributed by atoms with E-state index >= 15 is 0 Å². The molecule has 0 amide bonds. The Morgan fingerprint density at radius 3 is 0.882 bits per heavy atom. The van der Waals surface area contributed by atoms with E-state index in [1.54, 1.807) is 0 Å². The van der Waals surface area contributed by atoms with E-state index < -0.39 is 97.5 Å².